The van der Waals surface area contributed by atoms with E-state index in [9.17, 15) is 4.39 Å². The first-order chi connectivity index (χ1) is 9.22. The minimum atomic E-state index is -0.216. The fraction of sp³-hybridized carbons (Fsp3) is 0.133. The second-order valence-corrected chi connectivity index (χ2v) is 5.56. The molecule has 0 bridgehead atoms. The van der Waals surface area contributed by atoms with Crippen LogP contribution in [0.4, 0.5) is 4.39 Å². The Hall–Kier alpha value is -1.81. The van der Waals surface area contributed by atoms with E-state index in [2.05, 4.69) is 41.7 Å². The van der Waals surface area contributed by atoms with Crippen molar-refractivity contribution in [1.29, 1.82) is 0 Å². The van der Waals surface area contributed by atoms with Gasteiger partial charge < -0.3 is 0 Å². The standard InChI is InChI=1S/C15H13FN2S/c1-10-2-4-11(5-3-10)14-17-18-15(19-14)12-6-8-13(16)9-7-12/h2-9,15,18H,1H3. The SMILES string of the molecule is Cc1ccc(C2=NNC(c3ccc(F)cc3)S2)cc1. The van der Waals surface area contributed by atoms with Gasteiger partial charge in [0.1, 0.15) is 16.2 Å². The van der Waals surface area contributed by atoms with Crippen LogP contribution in [0.3, 0.4) is 0 Å². The van der Waals surface area contributed by atoms with E-state index < -0.39 is 0 Å². The van der Waals surface area contributed by atoms with Crippen molar-refractivity contribution in [3.63, 3.8) is 0 Å². The third kappa shape index (κ3) is 2.63. The second kappa shape index (κ2) is 5.05. The average molecular weight is 272 g/mol. The molecule has 3 rings (SSSR count). The number of halogens is 1. The quantitative estimate of drug-likeness (QED) is 0.898. The van der Waals surface area contributed by atoms with Crippen molar-refractivity contribution in [3.8, 4) is 0 Å². The van der Waals surface area contributed by atoms with Crippen molar-refractivity contribution in [1.82, 2.24) is 5.43 Å². The normalized spacial score (nSPS) is 18.0. The predicted octanol–water partition coefficient (Wildman–Crippen LogP) is 3.83. The molecule has 0 amide bonds. The molecule has 1 aliphatic heterocycles. The Morgan fingerprint density at radius 2 is 1.74 bits per heavy atom. The second-order valence-electron chi connectivity index (χ2n) is 4.46. The molecule has 96 valence electrons. The van der Waals surface area contributed by atoms with E-state index in [0.29, 0.717) is 0 Å². The summed E-state index contributed by atoms with van der Waals surface area (Å²) in [5.74, 6) is -0.216. The largest absolute Gasteiger partial charge is 0.291 e. The van der Waals surface area contributed by atoms with Crippen molar-refractivity contribution in [2.45, 2.75) is 12.3 Å². The third-order valence-corrected chi connectivity index (χ3v) is 4.15. The molecule has 1 atom stereocenters. The summed E-state index contributed by atoms with van der Waals surface area (Å²) < 4.78 is 12.9. The van der Waals surface area contributed by atoms with Crippen molar-refractivity contribution in [2.24, 2.45) is 5.10 Å². The minimum Gasteiger partial charge on any atom is -0.291 e. The van der Waals surface area contributed by atoms with Crippen molar-refractivity contribution >= 4 is 16.8 Å². The fourth-order valence-corrected chi connectivity index (χ4v) is 2.89. The number of hydrazone groups is 1. The van der Waals surface area contributed by atoms with E-state index in [1.165, 1.54) is 17.7 Å². The van der Waals surface area contributed by atoms with Gasteiger partial charge in [-0.1, -0.05) is 53.7 Å². The molecule has 0 radical (unpaired) electrons. The zero-order valence-corrected chi connectivity index (χ0v) is 11.2. The predicted molar refractivity (Wildman–Crippen MR) is 77.6 cm³/mol. The number of aryl methyl sites for hydroxylation is 1. The van der Waals surface area contributed by atoms with Gasteiger partial charge in [-0.25, -0.2) is 4.39 Å². The van der Waals surface area contributed by atoms with Crippen molar-refractivity contribution in [2.75, 3.05) is 0 Å². The molecular weight excluding hydrogens is 259 g/mol. The molecule has 1 unspecified atom stereocenters. The highest BCUT2D eigenvalue weighted by molar-refractivity contribution is 8.14. The van der Waals surface area contributed by atoms with Gasteiger partial charge in [0.05, 0.1) is 0 Å². The van der Waals surface area contributed by atoms with Crippen molar-refractivity contribution < 1.29 is 4.39 Å². The van der Waals surface area contributed by atoms with E-state index in [1.54, 1.807) is 23.9 Å². The first-order valence-corrected chi connectivity index (χ1v) is 6.93. The summed E-state index contributed by atoms with van der Waals surface area (Å²) in [5, 5.41) is 5.37. The lowest BCUT2D eigenvalue weighted by Crippen LogP contribution is -2.06. The Kier molecular flexibility index (Phi) is 3.25. The van der Waals surface area contributed by atoms with Crippen LogP contribution in [0.5, 0.6) is 0 Å². The molecule has 19 heavy (non-hydrogen) atoms. The van der Waals surface area contributed by atoms with Crippen LogP contribution < -0.4 is 5.43 Å². The fourth-order valence-electron chi connectivity index (χ4n) is 1.89. The molecule has 0 aliphatic carbocycles. The van der Waals surface area contributed by atoms with Crippen molar-refractivity contribution in [3.05, 3.63) is 71.0 Å². The molecule has 0 fully saturated rings. The molecule has 1 heterocycles. The average Bonchev–Trinajstić information content (AvgIpc) is 2.90. The van der Waals surface area contributed by atoms with Gasteiger partial charge in [-0.15, -0.1) is 0 Å². The molecule has 2 nitrogen and oxygen atoms in total. The van der Waals surface area contributed by atoms with E-state index in [-0.39, 0.29) is 11.2 Å². The molecular formula is C15H13FN2S. The molecule has 0 saturated heterocycles. The Labute approximate surface area is 115 Å². The van der Waals surface area contributed by atoms with Crippen LogP contribution in [0.15, 0.2) is 53.6 Å². The maximum absolute atomic E-state index is 12.9. The van der Waals surface area contributed by atoms with Gasteiger partial charge in [-0.3, -0.25) is 5.43 Å². The lowest BCUT2D eigenvalue weighted by molar-refractivity contribution is 0.625. The number of nitrogens with one attached hydrogen (secondary N) is 1. The molecule has 2 aromatic rings. The number of hydrogen-bond donors (Lipinski definition) is 1. The zero-order chi connectivity index (χ0) is 13.2. The monoisotopic (exact) mass is 272 g/mol. The zero-order valence-electron chi connectivity index (χ0n) is 10.4. The smallest absolute Gasteiger partial charge is 0.126 e. The molecule has 1 N–H and O–H groups in total. The summed E-state index contributed by atoms with van der Waals surface area (Å²) in [6.45, 7) is 2.06. The third-order valence-electron chi connectivity index (χ3n) is 2.98. The van der Waals surface area contributed by atoms with E-state index in [1.807, 2.05) is 0 Å². The maximum atomic E-state index is 12.9. The Morgan fingerprint density at radius 3 is 2.42 bits per heavy atom. The summed E-state index contributed by atoms with van der Waals surface area (Å²) in [5.41, 5.74) is 6.45. The lowest BCUT2D eigenvalue weighted by atomic mass is 10.2. The highest BCUT2D eigenvalue weighted by atomic mass is 32.2. The summed E-state index contributed by atoms with van der Waals surface area (Å²) in [6.07, 6.45) is 0. The number of nitrogens with zero attached hydrogens (tertiary/aromatic N) is 1. The van der Waals surface area contributed by atoms with Crippen LogP contribution >= 0.6 is 11.8 Å². The highest BCUT2D eigenvalue weighted by Crippen LogP contribution is 2.34. The Bertz CT molecular complexity index is 605. The minimum absolute atomic E-state index is 0.0527. The van der Waals surface area contributed by atoms with Gasteiger partial charge in [0, 0.05) is 5.56 Å². The number of benzene rings is 2. The van der Waals surface area contributed by atoms with Crippen LogP contribution in [-0.4, -0.2) is 5.04 Å². The summed E-state index contributed by atoms with van der Waals surface area (Å²) >= 11 is 1.65. The van der Waals surface area contributed by atoms with Gasteiger partial charge >= 0.3 is 0 Å². The molecule has 2 aromatic carbocycles. The molecule has 0 aromatic heterocycles. The van der Waals surface area contributed by atoms with Gasteiger partial charge in [-0.05, 0) is 24.6 Å². The number of hydrogen-bond acceptors (Lipinski definition) is 3. The first kappa shape index (κ1) is 12.2. The van der Waals surface area contributed by atoms with E-state index in [4.69, 9.17) is 0 Å². The van der Waals surface area contributed by atoms with Gasteiger partial charge in [0.2, 0.25) is 0 Å². The van der Waals surface area contributed by atoms with Crippen LogP contribution in [0, 0.1) is 12.7 Å². The van der Waals surface area contributed by atoms with E-state index in [0.717, 1.165) is 16.2 Å². The van der Waals surface area contributed by atoms with Gasteiger partial charge in [0.15, 0.2) is 0 Å². The van der Waals surface area contributed by atoms with E-state index >= 15 is 0 Å². The van der Waals surface area contributed by atoms with Crippen LogP contribution in [0.1, 0.15) is 22.1 Å². The first-order valence-electron chi connectivity index (χ1n) is 6.05. The summed E-state index contributed by atoms with van der Waals surface area (Å²) in [6, 6.07) is 14.8. The summed E-state index contributed by atoms with van der Waals surface area (Å²) in [4.78, 5) is 0. The highest BCUT2D eigenvalue weighted by Gasteiger charge is 2.21. The number of rotatable bonds is 2. The molecule has 0 spiro atoms. The maximum Gasteiger partial charge on any atom is 0.126 e. The van der Waals surface area contributed by atoms with Gasteiger partial charge in [0.25, 0.3) is 0 Å². The Morgan fingerprint density at radius 1 is 1.05 bits per heavy atom. The molecule has 1 aliphatic rings. The van der Waals surface area contributed by atoms with Crippen LogP contribution in [0.25, 0.3) is 0 Å². The summed E-state index contributed by atoms with van der Waals surface area (Å²) in [7, 11) is 0. The van der Waals surface area contributed by atoms with Crippen LogP contribution in [0.2, 0.25) is 0 Å². The lowest BCUT2D eigenvalue weighted by Gasteiger charge is -2.09. The van der Waals surface area contributed by atoms with Crippen LogP contribution in [-0.2, 0) is 0 Å². The van der Waals surface area contributed by atoms with Gasteiger partial charge in [-0.2, -0.15) is 5.10 Å². The Balaban J connectivity index is 1.76. The molecule has 4 heteroatoms. The topological polar surface area (TPSA) is 24.4 Å². The number of thioether (sulfide) groups is 1. The molecule has 0 saturated carbocycles.